The first kappa shape index (κ1) is 10.7. The van der Waals surface area contributed by atoms with Gasteiger partial charge in [-0.1, -0.05) is 0 Å². The number of aromatic nitrogens is 3. The third-order valence-corrected chi connectivity index (χ3v) is 3.22. The van der Waals surface area contributed by atoms with Crippen LogP contribution in [0, 0.1) is 0 Å². The van der Waals surface area contributed by atoms with Crippen molar-refractivity contribution in [3.05, 3.63) is 24.2 Å². The molecule has 1 aliphatic rings. The predicted molar refractivity (Wildman–Crippen MR) is 62.5 cm³/mol. The van der Waals surface area contributed by atoms with E-state index in [-0.39, 0.29) is 6.61 Å². The molecule has 1 saturated heterocycles. The maximum atomic E-state index is 9.12. The second kappa shape index (κ2) is 4.43. The fourth-order valence-corrected chi connectivity index (χ4v) is 2.27. The van der Waals surface area contributed by atoms with E-state index in [1.807, 2.05) is 18.5 Å². The first-order valence-corrected chi connectivity index (χ1v) is 5.89. The minimum Gasteiger partial charge on any atom is -0.390 e. The van der Waals surface area contributed by atoms with Gasteiger partial charge in [0.2, 0.25) is 0 Å². The summed E-state index contributed by atoms with van der Waals surface area (Å²) in [6.07, 6.45) is 3.84. The highest BCUT2D eigenvalue weighted by atomic mass is 16.5. The molecule has 2 aromatic heterocycles. The second-order valence-electron chi connectivity index (χ2n) is 4.30. The van der Waals surface area contributed by atoms with Crippen LogP contribution in [0.1, 0.15) is 24.6 Å². The highest BCUT2D eigenvalue weighted by Crippen LogP contribution is 2.24. The van der Waals surface area contributed by atoms with Crippen molar-refractivity contribution in [1.29, 1.82) is 0 Å². The van der Waals surface area contributed by atoms with Crippen molar-refractivity contribution in [1.82, 2.24) is 14.5 Å². The lowest BCUT2D eigenvalue weighted by atomic mass is 10.1. The molecule has 2 aromatic rings. The van der Waals surface area contributed by atoms with E-state index in [1.54, 1.807) is 0 Å². The van der Waals surface area contributed by atoms with E-state index >= 15 is 0 Å². The lowest BCUT2D eigenvalue weighted by Gasteiger charge is -2.23. The molecular formula is C12H15N3O2. The molecule has 1 N–H and O–H groups in total. The van der Waals surface area contributed by atoms with Crippen LogP contribution in [0.15, 0.2) is 18.5 Å². The lowest BCUT2D eigenvalue weighted by molar-refractivity contribution is 0.0704. The number of hydrogen-bond acceptors (Lipinski definition) is 4. The van der Waals surface area contributed by atoms with Gasteiger partial charge in [-0.3, -0.25) is 0 Å². The molecule has 0 saturated carbocycles. The Labute approximate surface area is 99.1 Å². The predicted octanol–water partition coefficient (Wildman–Crippen LogP) is 1.28. The Morgan fingerprint density at radius 3 is 2.94 bits per heavy atom. The fraction of sp³-hybridized carbons (Fsp3) is 0.500. The maximum Gasteiger partial charge on any atom is 0.160 e. The SMILES string of the molecule is OCc1ccc2ncn(C3CCOCC3)c2n1. The third kappa shape index (κ3) is 1.92. The number of aliphatic hydroxyl groups excluding tert-OH is 1. The van der Waals surface area contributed by atoms with Crippen LogP contribution in [0.25, 0.3) is 11.2 Å². The molecule has 0 aliphatic carbocycles. The number of ether oxygens (including phenoxy) is 1. The van der Waals surface area contributed by atoms with Gasteiger partial charge < -0.3 is 14.4 Å². The van der Waals surface area contributed by atoms with Gasteiger partial charge in [-0.15, -0.1) is 0 Å². The van der Waals surface area contributed by atoms with E-state index in [1.165, 1.54) is 0 Å². The smallest absolute Gasteiger partial charge is 0.160 e. The topological polar surface area (TPSA) is 60.2 Å². The zero-order chi connectivity index (χ0) is 11.7. The van der Waals surface area contributed by atoms with Gasteiger partial charge in [-0.2, -0.15) is 0 Å². The molecule has 0 bridgehead atoms. The van der Waals surface area contributed by atoms with E-state index in [4.69, 9.17) is 9.84 Å². The summed E-state index contributed by atoms with van der Waals surface area (Å²) in [7, 11) is 0. The first-order valence-electron chi connectivity index (χ1n) is 5.89. The van der Waals surface area contributed by atoms with Crippen LogP contribution in [-0.2, 0) is 11.3 Å². The fourth-order valence-electron chi connectivity index (χ4n) is 2.27. The number of imidazole rings is 1. The van der Waals surface area contributed by atoms with Gasteiger partial charge in [-0.05, 0) is 25.0 Å². The molecule has 0 amide bonds. The van der Waals surface area contributed by atoms with E-state index < -0.39 is 0 Å². The number of pyridine rings is 1. The molecule has 5 nitrogen and oxygen atoms in total. The molecular weight excluding hydrogens is 218 g/mol. The normalized spacial score (nSPS) is 17.7. The van der Waals surface area contributed by atoms with Crippen LogP contribution < -0.4 is 0 Å². The van der Waals surface area contributed by atoms with Gasteiger partial charge in [0.25, 0.3) is 0 Å². The van der Waals surface area contributed by atoms with Gasteiger partial charge in [0.1, 0.15) is 5.52 Å². The number of aliphatic hydroxyl groups is 1. The van der Waals surface area contributed by atoms with E-state index in [2.05, 4.69) is 14.5 Å². The summed E-state index contributed by atoms with van der Waals surface area (Å²) >= 11 is 0. The molecule has 3 heterocycles. The summed E-state index contributed by atoms with van der Waals surface area (Å²) in [5, 5.41) is 9.12. The average Bonchev–Trinajstić information content (AvgIpc) is 2.82. The van der Waals surface area contributed by atoms with Crippen molar-refractivity contribution in [2.45, 2.75) is 25.5 Å². The van der Waals surface area contributed by atoms with Crippen LogP contribution in [0.2, 0.25) is 0 Å². The molecule has 0 radical (unpaired) electrons. The van der Waals surface area contributed by atoms with Crippen molar-refractivity contribution in [2.75, 3.05) is 13.2 Å². The lowest BCUT2D eigenvalue weighted by Crippen LogP contribution is -2.19. The minimum absolute atomic E-state index is 0.0328. The highest BCUT2D eigenvalue weighted by Gasteiger charge is 2.18. The molecule has 1 aliphatic heterocycles. The molecule has 17 heavy (non-hydrogen) atoms. The van der Waals surface area contributed by atoms with Crippen LogP contribution in [-0.4, -0.2) is 32.9 Å². The van der Waals surface area contributed by atoms with Crippen LogP contribution in [0.5, 0.6) is 0 Å². The maximum absolute atomic E-state index is 9.12. The van der Waals surface area contributed by atoms with Crippen molar-refractivity contribution in [3.8, 4) is 0 Å². The Balaban J connectivity index is 2.02. The summed E-state index contributed by atoms with van der Waals surface area (Å²) in [4.78, 5) is 8.79. The summed E-state index contributed by atoms with van der Waals surface area (Å²) < 4.78 is 7.47. The molecule has 5 heteroatoms. The Bertz CT molecular complexity index is 517. The van der Waals surface area contributed by atoms with Crippen molar-refractivity contribution in [2.24, 2.45) is 0 Å². The highest BCUT2D eigenvalue weighted by molar-refractivity contribution is 5.70. The zero-order valence-corrected chi connectivity index (χ0v) is 9.54. The third-order valence-electron chi connectivity index (χ3n) is 3.22. The van der Waals surface area contributed by atoms with Crippen LogP contribution >= 0.6 is 0 Å². The molecule has 3 rings (SSSR count). The monoisotopic (exact) mass is 233 g/mol. The number of hydrogen-bond donors (Lipinski definition) is 1. The number of rotatable bonds is 2. The Morgan fingerprint density at radius 2 is 2.18 bits per heavy atom. The Kier molecular flexibility index (Phi) is 2.78. The van der Waals surface area contributed by atoms with Gasteiger partial charge in [-0.25, -0.2) is 9.97 Å². The van der Waals surface area contributed by atoms with Gasteiger partial charge in [0.15, 0.2) is 5.65 Å². The second-order valence-corrected chi connectivity index (χ2v) is 4.30. The van der Waals surface area contributed by atoms with E-state index in [0.29, 0.717) is 11.7 Å². The quantitative estimate of drug-likeness (QED) is 0.848. The Morgan fingerprint density at radius 1 is 1.35 bits per heavy atom. The van der Waals surface area contributed by atoms with Crippen molar-refractivity contribution < 1.29 is 9.84 Å². The van der Waals surface area contributed by atoms with Gasteiger partial charge >= 0.3 is 0 Å². The zero-order valence-electron chi connectivity index (χ0n) is 9.54. The summed E-state index contributed by atoms with van der Waals surface area (Å²) in [5.41, 5.74) is 2.43. The first-order chi connectivity index (χ1) is 8.38. The molecule has 0 unspecified atom stereocenters. The van der Waals surface area contributed by atoms with E-state index in [0.717, 1.165) is 37.2 Å². The number of fused-ring (bicyclic) bond motifs is 1. The molecule has 0 atom stereocenters. The minimum atomic E-state index is -0.0328. The molecule has 0 spiro atoms. The standard InChI is InChI=1S/C12H15N3O2/c16-7-9-1-2-11-12(14-9)15(8-13-11)10-3-5-17-6-4-10/h1-2,8,10,16H,3-7H2. The van der Waals surface area contributed by atoms with Crippen molar-refractivity contribution >= 4 is 11.2 Å². The summed E-state index contributed by atoms with van der Waals surface area (Å²) in [6, 6.07) is 4.13. The van der Waals surface area contributed by atoms with Crippen LogP contribution in [0.4, 0.5) is 0 Å². The Hall–Kier alpha value is -1.46. The number of nitrogens with zero attached hydrogens (tertiary/aromatic N) is 3. The summed E-state index contributed by atoms with van der Waals surface area (Å²) in [6.45, 7) is 1.56. The molecule has 90 valence electrons. The average molecular weight is 233 g/mol. The summed E-state index contributed by atoms with van der Waals surface area (Å²) in [5.74, 6) is 0. The molecule has 0 aromatic carbocycles. The largest absolute Gasteiger partial charge is 0.390 e. The van der Waals surface area contributed by atoms with Crippen molar-refractivity contribution in [3.63, 3.8) is 0 Å². The molecule has 1 fully saturated rings. The van der Waals surface area contributed by atoms with E-state index in [9.17, 15) is 0 Å². The van der Waals surface area contributed by atoms with Gasteiger partial charge in [0.05, 0.1) is 18.6 Å². The van der Waals surface area contributed by atoms with Gasteiger partial charge in [0, 0.05) is 19.3 Å². The van der Waals surface area contributed by atoms with Crippen LogP contribution in [0.3, 0.4) is 0 Å².